The fourth-order valence-corrected chi connectivity index (χ4v) is 4.37. The number of ketones is 1. The zero-order valence-electron chi connectivity index (χ0n) is 15.3. The average molecular weight is 396 g/mol. The molecule has 0 radical (unpaired) electrons. The molecule has 0 amide bonds. The third-order valence-electron chi connectivity index (χ3n) is 4.92. The van der Waals surface area contributed by atoms with Crippen LogP contribution >= 0.6 is 11.3 Å². The van der Waals surface area contributed by atoms with Crippen LogP contribution < -0.4 is 10.6 Å². The Hall–Kier alpha value is -2.64. The molecule has 4 rings (SSSR count). The average Bonchev–Trinajstić information content (AvgIpc) is 3.19. The van der Waals surface area contributed by atoms with E-state index in [1.165, 1.54) is 17.4 Å². The number of rotatable bonds is 5. The van der Waals surface area contributed by atoms with E-state index in [0.717, 1.165) is 37.2 Å². The van der Waals surface area contributed by atoms with Gasteiger partial charge >= 0.3 is 0 Å². The molecule has 3 heterocycles. The summed E-state index contributed by atoms with van der Waals surface area (Å²) < 4.78 is 14.0. The van der Waals surface area contributed by atoms with Crippen molar-refractivity contribution in [3.63, 3.8) is 0 Å². The number of pyridine rings is 1. The first-order chi connectivity index (χ1) is 13.6. The van der Waals surface area contributed by atoms with Crippen LogP contribution in [0.4, 0.5) is 10.1 Å². The molecule has 5 nitrogen and oxygen atoms in total. The third-order valence-corrected chi connectivity index (χ3v) is 5.80. The molecule has 1 aromatic carbocycles. The van der Waals surface area contributed by atoms with Crippen LogP contribution in [0.3, 0.4) is 0 Å². The first-order valence-electron chi connectivity index (χ1n) is 9.29. The van der Waals surface area contributed by atoms with E-state index < -0.39 is 0 Å². The van der Waals surface area contributed by atoms with Gasteiger partial charge in [-0.2, -0.15) is 0 Å². The molecule has 2 N–H and O–H groups in total. The number of benzene rings is 1. The lowest BCUT2D eigenvalue weighted by atomic mass is 10.0. The number of carbonyl (C=O) groups is 1. The van der Waals surface area contributed by atoms with Crippen LogP contribution in [-0.2, 0) is 6.42 Å². The van der Waals surface area contributed by atoms with E-state index in [1.54, 1.807) is 36.0 Å². The number of nitrogens with two attached hydrogens (primary N) is 1. The van der Waals surface area contributed by atoms with Crippen molar-refractivity contribution >= 4 is 22.8 Å². The standard InChI is InChI=1S/C21H21FN4OS/c22-17-6-2-1-5-16(17)21-25-18(13-28-21)20(27)10-14-11-24-8-7-19(14)26-9-3-4-15(23)12-26/h1-2,5-8,11,13,15H,3-4,9-10,12,23H2/t15-/m0/s1. The van der Waals surface area contributed by atoms with Crippen molar-refractivity contribution in [1.29, 1.82) is 0 Å². The Labute approximate surface area is 167 Å². The molecule has 1 fully saturated rings. The zero-order chi connectivity index (χ0) is 19.5. The van der Waals surface area contributed by atoms with Crippen molar-refractivity contribution in [3.8, 4) is 10.6 Å². The molecule has 0 spiro atoms. The molecule has 3 aromatic rings. The van der Waals surface area contributed by atoms with E-state index in [-0.39, 0.29) is 24.1 Å². The number of nitrogens with zero attached hydrogens (tertiary/aromatic N) is 3. The van der Waals surface area contributed by atoms with Gasteiger partial charge in [0, 0.05) is 60.1 Å². The Balaban J connectivity index is 1.54. The molecule has 7 heteroatoms. The fourth-order valence-electron chi connectivity index (χ4n) is 3.52. The van der Waals surface area contributed by atoms with Crippen LogP contribution in [0.1, 0.15) is 28.9 Å². The predicted octanol–water partition coefficient (Wildman–Crippen LogP) is 3.70. The molecule has 1 aliphatic heterocycles. The summed E-state index contributed by atoms with van der Waals surface area (Å²) in [4.78, 5) is 23.6. The second-order valence-corrected chi connectivity index (χ2v) is 7.83. The number of Topliss-reactive ketones (excluding diaryl/α,β-unsaturated/α-hetero) is 1. The molecule has 1 atom stereocenters. The van der Waals surface area contributed by atoms with Crippen LogP contribution in [0.2, 0.25) is 0 Å². The Morgan fingerprint density at radius 3 is 3.00 bits per heavy atom. The highest BCUT2D eigenvalue weighted by molar-refractivity contribution is 7.13. The molecule has 1 aliphatic rings. The van der Waals surface area contributed by atoms with E-state index in [4.69, 9.17) is 5.73 Å². The second-order valence-electron chi connectivity index (χ2n) is 6.97. The highest BCUT2D eigenvalue weighted by atomic mass is 32.1. The Morgan fingerprint density at radius 2 is 2.18 bits per heavy atom. The van der Waals surface area contributed by atoms with E-state index in [2.05, 4.69) is 14.9 Å². The summed E-state index contributed by atoms with van der Waals surface area (Å²) in [7, 11) is 0. The SMILES string of the molecule is N[C@H]1CCCN(c2ccncc2CC(=O)c2csc(-c3ccccc3F)n2)C1. The Kier molecular flexibility index (Phi) is 5.45. The zero-order valence-corrected chi connectivity index (χ0v) is 16.2. The lowest BCUT2D eigenvalue weighted by molar-refractivity contribution is 0.0989. The monoisotopic (exact) mass is 396 g/mol. The summed E-state index contributed by atoms with van der Waals surface area (Å²) in [5.41, 5.74) is 8.75. The summed E-state index contributed by atoms with van der Waals surface area (Å²) in [5, 5.41) is 2.20. The van der Waals surface area contributed by atoms with Crippen molar-refractivity contribution in [2.45, 2.75) is 25.3 Å². The number of halogens is 1. The van der Waals surface area contributed by atoms with Crippen LogP contribution in [0.5, 0.6) is 0 Å². The topological polar surface area (TPSA) is 72.1 Å². The number of hydrogen-bond donors (Lipinski definition) is 1. The van der Waals surface area contributed by atoms with E-state index in [1.807, 2.05) is 6.07 Å². The van der Waals surface area contributed by atoms with Crippen LogP contribution in [-0.4, -0.2) is 34.9 Å². The van der Waals surface area contributed by atoms with Gasteiger partial charge in [0.2, 0.25) is 0 Å². The highest BCUT2D eigenvalue weighted by Gasteiger charge is 2.21. The van der Waals surface area contributed by atoms with Gasteiger partial charge in [-0.15, -0.1) is 11.3 Å². The van der Waals surface area contributed by atoms with Gasteiger partial charge in [0.1, 0.15) is 16.5 Å². The van der Waals surface area contributed by atoms with Gasteiger partial charge in [-0.1, -0.05) is 12.1 Å². The number of carbonyl (C=O) groups excluding carboxylic acids is 1. The first kappa shape index (κ1) is 18.7. The first-order valence-corrected chi connectivity index (χ1v) is 10.2. The lowest BCUT2D eigenvalue weighted by Gasteiger charge is -2.33. The predicted molar refractivity (Wildman–Crippen MR) is 109 cm³/mol. The normalized spacial score (nSPS) is 16.9. The van der Waals surface area contributed by atoms with Gasteiger partial charge in [0.05, 0.1) is 0 Å². The molecule has 2 aromatic heterocycles. The van der Waals surface area contributed by atoms with Gasteiger partial charge in [0.15, 0.2) is 5.78 Å². The number of anilines is 1. The Bertz CT molecular complexity index is 990. The Morgan fingerprint density at radius 1 is 1.32 bits per heavy atom. The minimum Gasteiger partial charge on any atom is -0.370 e. The maximum absolute atomic E-state index is 14.0. The number of hydrogen-bond acceptors (Lipinski definition) is 6. The summed E-state index contributed by atoms with van der Waals surface area (Å²) >= 11 is 1.27. The third kappa shape index (κ3) is 3.95. The van der Waals surface area contributed by atoms with Gasteiger partial charge in [-0.25, -0.2) is 9.37 Å². The maximum atomic E-state index is 14.0. The van der Waals surface area contributed by atoms with Gasteiger partial charge in [-0.05, 0) is 31.0 Å². The minimum atomic E-state index is -0.341. The van der Waals surface area contributed by atoms with Crippen molar-refractivity contribution in [1.82, 2.24) is 9.97 Å². The summed E-state index contributed by atoms with van der Waals surface area (Å²) in [6.45, 7) is 1.70. The molecule has 28 heavy (non-hydrogen) atoms. The van der Waals surface area contributed by atoms with Crippen LogP contribution in [0, 0.1) is 5.82 Å². The largest absolute Gasteiger partial charge is 0.370 e. The van der Waals surface area contributed by atoms with Crippen molar-refractivity contribution < 1.29 is 9.18 Å². The van der Waals surface area contributed by atoms with Crippen molar-refractivity contribution in [3.05, 3.63) is 65.2 Å². The molecule has 0 unspecified atom stereocenters. The van der Waals surface area contributed by atoms with Gasteiger partial charge in [0.25, 0.3) is 0 Å². The minimum absolute atomic E-state index is 0.102. The smallest absolute Gasteiger partial charge is 0.186 e. The van der Waals surface area contributed by atoms with E-state index >= 15 is 0 Å². The highest BCUT2D eigenvalue weighted by Crippen LogP contribution is 2.28. The summed E-state index contributed by atoms with van der Waals surface area (Å²) in [6.07, 6.45) is 5.73. The molecule has 1 saturated heterocycles. The molecular weight excluding hydrogens is 375 g/mol. The van der Waals surface area contributed by atoms with Crippen LogP contribution in [0.15, 0.2) is 48.1 Å². The molecule has 0 saturated carbocycles. The molecule has 0 aliphatic carbocycles. The molecule has 144 valence electrons. The van der Waals surface area contributed by atoms with E-state index in [0.29, 0.717) is 16.3 Å². The lowest BCUT2D eigenvalue weighted by Crippen LogP contribution is -2.43. The van der Waals surface area contributed by atoms with Crippen molar-refractivity contribution in [2.75, 3.05) is 18.0 Å². The maximum Gasteiger partial charge on any atom is 0.186 e. The summed E-state index contributed by atoms with van der Waals surface area (Å²) in [5.74, 6) is -0.443. The molecular formula is C21H21FN4OS. The fraction of sp³-hybridized carbons (Fsp3) is 0.286. The van der Waals surface area contributed by atoms with Crippen molar-refractivity contribution in [2.24, 2.45) is 5.73 Å². The number of piperidine rings is 1. The van der Waals surface area contributed by atoms with Crippen LogP contribution in [0.25, 0.3) is 10.6 Å². The van der Waals surface area contributed by atoms with Gasteiger partial charge in [-0.3, -0.25) is 9.78 Å². The quantitative estimate of drug-likeness (QED) is 0.666. The number of aromatic nitrogens is 2. The summed E-state index contributed by atoms with van der Waals surface area (Å²) in [6, 6.07) is 8.53. The number of thiazole rings is 1. The van der Waals surface area contributed by atoms with Gasteiger partial charge < -0.3 is 10.6 Å². The van der Waals surface area contributed by atoms with E-state index in [9.17, 15) is 9.18 Å². The molecule has 0 bridgehead atoms. The second kappa shape index (κ2) is 8.16.